The lowest BCUT2D eigenvalue weighted by Crippen LogP contribution is -2.62. The average molecular weight is 523 g/mol. The molecule has 2 heterocycles. The van der Waals surface area contributed by atoms with E-state index in [0.29, 0.717) is 19.8 Å². The van der Waals surface area contributed by atoms with Gasteiger partial charge in [0.25, 0.3) is 0 Å². The first-order chi connectivity index (χ1) is 19.3. The number of aromatic nitrogens is 1. The highest BCUT2D eigenvalue weighted by atomic mass is 16.6. The summed E-state index contributed by atoms with van der Waals surface area (Å²) in [4.78, 5) is 7.02. The molecule has 4 aromatic rings. The fourth-order valence-corrected chi connectivity index (χ4v) is 5.19. The lowest BCUT2D eigenvalue weighted by Gasteiger charge is -2.47. The largest absolute Gasteiger partial charge is 0.369 e. The van der Waals surface area contributed by atoms with E-state index in [1.54, 1.807) is 0 Å². The topological polar surface area (TPSA) is 43.8 Å². The Morgan fingerprint density at radius 1 is 0.641 bits per heavy atom. The lowest BCUT2D eigenvalue weighted by atomic mass is 9.93. The molecule has 3 aromatic carbocycles. The van der Waals surface area contributed by atoms with Gasteiger partial charge >= 0.3 is 0 Å². The molecular formula is C34H38N2O3. The number of nitrogens with zero attached hydrogens (tertiary/aromatic N) is 2. The molecule has 4 atom stereocenters. The van der Waals surface area contributed by atoms with E-state index < -0.39 is 0 Å². The molecule has 0 unspecified atom stereocenters. The third-order valence-electron chi connectivity index (χ3n) is 7.41. The van der Waals surface area contributed by atoms with Crippen molar-refractivity contribution in [1.29, 1.82) is 0 Å². The summed E-state index contributed by atoms with van der Waals surface area (Å²) in [6.45, 7) is 5.47. The van der Waals surface area contributed by atoms with E-state index in [4.69, 9.17) is 14.2 Å². The van der Waals surface area contributed by atoms with Crippen molar-refractivity contribution < 1.29 is 14.2 Å². The Morgan fingerprint density at radius 3 is 1.69 bits per heavy atom. The fourth-order valence-electron chi connectivity index (χ4n) is 5.19. The average Bonchev–Trinajstić information content (AvgIpc) is 3.00. The van der Waals surface area contributed by atoms with Gasteiger partial charge in [-0.2, -0.15) is 0 Å². The number of likely N-dealkylation sites (tertiary alicyclic amines) is 1. The number of hydrogen-bond donors (Lipinski definition) is 0. The zero-order valence-corrected chi connectivity index (χ0v) is 22.6. The Labute approximate surface area is 232 Å². The van der Waals surface area contributed by atoms with Gasteiger partial charge in [0.05, 0.1) is 25.9 Å². The Hall–Kier alpha value is -3.35. The Bertz CT molecular complexity index is 1220. The minimum absolute atomic E-state index is 0.144. The second-order valence-electron chi connectivity index (χ2n) is 10.2. The highest BCUT2D eigenvalue weighted by molar-refractivity contribution is 5.16. The molecule has 1 fully saturated rings. The van der Waals surface area contributed by atoms with Crippen molar-refractivity contribution in [1.82, 2.24) is 9.88 Å². The van der Waals surface area contributed by atoms with Crippen LogP contribution in [-0.2, 0) is 40.5 Å². The molecule has 0 N–H and O–H groups in total. The van der Waals surface area contributed by atoms with Crippen molar-refractivity contribution >= 4 is 0 Å². The van der Waals surface area contributed by atoms with Gasteiger partial charge in [-0.15, -0.1) is 0 Å². The first-order valence-corrected chi connectivity index (χ1v) is 13.9. The van der Waals surface area contributed by atoms with Crippen LogP contribution < -0.4 is 0 Å². The van der Waals surface area contributed by atoms with Crippen LogP contribution in [0.3, 0.4) is 0 Å². The molecule has 202 valence electrons. The molecular weight excluding hydrogens is 484 g/mol. The Morgan fingerprint density at radius 2 is 1.15 bits per heavy atom. The van der Waals surface area contributed by atoms with Gasteiger partial charge in [-0.25, -0.2) is 0 Å². The molecule has 0 radical (unpaired) electrons. The molecule has 1 saturated heterocycles. The van der Waals surface area contributed by atoms with Gasteiger partial charge in [0.2, 0.25) is 0 Å². The summed E-state index contributed by atoms with van der Waals surface area (Å²) in [5.41, 5.74) is 4.54. The predicted octanol–water partition coefficient (Wildman–Crippen LogP) is 6.08. The van der Waals surface area contributed by atoms with Crippen molar-refractivity contribution in [2.45, 2.75) is 57.5 Å². The minimum atomic E-state index is -0.210. The van der Waals surface area contributed by atoms with Crippen LogP contribution in [0.4, 0.5) is 0 Å². The normalized spacial score (nSPS) is 21.6. The number of hydrogen-bond acceptors (Lipinski definition) is 5. The van der Waals surface area contributed by atoms with E-state index in [9.17, 15) is 0 Å². The summed E-state index contributed by atoms with van der Waals surface area (Å²) < 4.78 is 20.0. The molecule has 39 heavy (non-hydrogen) atoms. The van der Waals surface area contributed by atoms with Gasteiger partial charge in [-0.3, -0.25) is 9.88 Å². The molecule has 0 bridgehead atoms. The highest BCUT2D eigenvalue weighted by Crippen LogP contribution is 2.28. The van der Waals surface area contributed by atoms with Crippen LogP contribution in [0.2, 0.25) is 0 Å². The van der Waals surface area contributed by atoms with E-state index in [1.807, 2.05) is 48.7 Å². The first-order valence-electron chi connectivity index (χ1n) is 13.9. The monoisotopic (exact) mass is 522 g/mol. The standard InChI is InChI=1S/C34H38N2O3/c1-27-33(38-25-29-15-7-3-8-16-29)34(39-26-30-17-9-4-10-18-30)32(37-24-28-13-5-2-6-14-28)23-36(27)22-20-31-19-11-12-21-35-31/h2-19,21,27,32-34H,20,22-26H2,1H3/t27-,32+,33-,34-/m1/s1. The molecule has 5 nitrogen and oxygen atoms in total. The molecule has 0 spiro atoms. The summed E-state index contributed by atoms with van der Waals surface area (Å²) in [5, 5.41) is 0. The number of benzene rings is 3. The van der Waals surface area contributed by atoms with E-state index in [2.05, 4.69) is 83.5 Å². The van der Waals surface area contributed by atoms with Crippen LogP contribution in [0.1, 0.15) is 29.3 Å². The SMILES string of the molecule is C[C@@H]1[C@@H](OCc2ccccc2)[C@H](OCc2ccccc2)[C@@H](OCc2ccccc2)CN1CCc1ccccn1. The van der Waals surface area contributed by atoms with Crippen LogP contribution in [0.15, 0.2) is 115 Å². The summed E-state index contributed by atoms with van der Waals surface area (Å²) in [5.74, 6) is 0. The molecule has 1 aliphatic rings. The maximum Gasteiger partial charge on any atom is 0.113 e. The molecule has 5 heteroatoms. The van der Waals surface area contributed by atoms with Crippen molar-refractivity contribution in [3.8, 4) is 0 Å². The quantitative estimate of drug-likeness (QED) is 0.225. The smallest absolute Gasteiger partial charge is 0.113 e. The van der Waals surface area contributed by atoms with Gasteiger partial charge < -0.3 is 14.2 Å². The number of rotatable bonds is 12. The molecule has 0 saturated carbocycles. The summed E-state index contributed by atoms with van der Waals surface area (Å²) in [7, 11) is 0. The summed E-state index contributed by atoms with van der Waals surface area (Å²) in [6.07, 6.45) is 2.22. The molecule has 1 aromatic heterocycles. The zero-order valence-electron chi connectivity index (χ0n) is 22.6. The lowest BCUT2D eigenvalue weighted by molar-refractivity contribution is -0.200. The Balaban J connectivity index is 1.37. The number of piperidine rings is 1. The number of ether oxygens (including phenoxy) is 3. The van der Waals surface area contributed by atoms with E-state index in [-0.39, 0.29) is 24.4 Å². The van der Waals surface area contributed by atoms with E-state index in [1.165, 1.54) is 0 Å². The molecule has 1 aliphatic heterocycles. The maximum atomic E-state index is 6.68. The van der Waals surface area contributed by atoms with Crippen molar-refractivity contribution in [3.05, 3.63) is 138 Å². The first kappa shape index (κ1) is 27.2. The van der Waals surface area contributed by atoms with E-state index >= 15 is 0 Å². The van der Waals surface area contributed by atoms with Gasteiger partial charge in [-0.05, 0) is 35.7 Å². The van der Waals surface area contributed by atoms with Crippen LogP contribution in [0.5, 0.6) is 0 Å². The second-order valence-corrected chi connectivity index (χ2v) is 10.2. The maximum absolute atomic E-state index is 6.68. The van der Waals surface area contributed by atoms with Gasteiger partial charge in [0.1, 0.15) is 12.2 Å². The number of pyridine rings is 1. The van der Waals surface area contributed by atoms with Gasteiger partial charge in [0.15, 0.2) is 0 Å². The molecule has 0 amide bonds. The van der Waals surface area contributed by atoms with Crippen LogP contribution >= 0.6 is 0 Å². The highest BCUT2D eigenvalue weighted by Gasteiger charge is 2.43. The Kier molecular flexibility index (Phi) is 9.88. The van der Waals surface area contributed by atoms with E-state index in [0.717, 1.165) is 41.9 Å². The second kappa shape index (κ2) is 14.2. The summed E-state index contributed by atoms with van der Waals surface area (Å²) >= 11 is 0. The van der Waals surface area contributed by atoms with Crippen molar-refractivity contribution in [2.75, 3.05) is 13.1 Å². The molecule has 0 aliphatic carbocycles. The zero-order chi connectivity index (χ0) is 26.7. The third kappa shape index (κ3) is 7.84. The molecule has 5 rings (SSSR count). The van der Waals surface area contributed by atoms with Crippen molar-refractivity contribution in [3.63, 3.8) is 0 Å². The van der Waals surface area contributed by atoms with Crippen LogP contribution in [0.25, 0.3) is 0 Å². The van der Waals surface area contributed by atoms with Crippen LogP contribution in [0, 0.1) is 0 Å². The predicted molar refractivity (Wildman–Crippen MR) is 154 cm³/mol. The van der Waals surface area contributed by atoms with Gasteiger partial charge in [0, 0.05) is 37.4 Å². The van der Waals surface area contributed by atoms with Crippen LogP contribution in [-0.4, -0.2) is 47.3 Å². The minimum Gasteiger partial charge on any atom is -0.369 e. The van der Waals surface area contributed by atoms with Crippen molar-refractivity contribution in [2.24, 2.45) is 0 Å². The van der Waals surface area contributed by atoms with Gasteiger partial charge in [-0.1, -0.05) is 97.1 Å². The third-order valence-corrected chi connectivity index (χ3v) is 7.41. The summed E-state index contributed by atoms with van der Waals surface area (Å²) in [6, 6.07) is 37.3. The fraction of sp³-hybridized carbons (Fsp3) is 0.324.